The van der Waals surface area contributed by atoms with E-state index in [1.54, 1.807) is 11.3 Å². The number of hydrogen-bond donors (Lipinski definition) is 1. The number of aryl methyl sites for hydroxylation is 2. The molecule has 2 heterocycles. The summed E-state index contributed by atoms with van der Waals surface area (Å²) in [5.41, 5.74) is 2.19. The van der Waals surface area contributed by atoms with Crippen LogP contribution in [0.3, 0.4) is 0 Å². The molecule has 2 aromatic rings. The Balaban J connectivity index is 1.81. The predicted octanol–water partition coefficient (Wildman–Crippen LogP) is 3.43. The molecule has 0 saturated heterocycles. The second kappa shape index (κ2) is 8.15. The zero-order valence-corrected chi connectivity index (χ0v) is 15.2. The van der Waals surface area contributed by atoms with Crippen LogP contribution in [0.2, 0.25) is 0 Å². The molecule has 0 aromatic carbocycles. The Morgan fingerprint density at radius 2 is 2.26 bits per heavy atom. The molecular weight excluding hydrogens is 308 g/mol. The number of urea groups is 1. The van der Waals surface area contributed by atoms with Crippen LogP contribution in [0.1, 0.15) is 30.1 Å². The van der Waals surface area contributed by atoms with Crippen LogP contribution in [0.25, 0.3) is 0 Å². The topological polar surface area (TPSA) is 50.2 Å². The SMILES string of the molecule is CCN(Cc1cccs1)C(=O)NC[C@H](C)Cn1nc(C)cc1C. The lowest BCUT2D eigenvalue weighted by Crippen LogP contribution is -2.41. The zero-order valence-electron chi connectivity index (χ0n) is 14.4. The van der Waals surface area contributed by atoms with Crippen LogP contribution < -0.4 is 5.32 Å². The first-order valence-corrected chi connectivity index (χ1v) is 8.93. The Morgan fingerprint density at radius 3 is 2.83 bits per heavy atom. The Labute approximate surface area is 142 Å². The Kier molecular flexibility index (Phi) is 6.21. The summed E-state index contributed by atoms with van der Waals surface area (Å²) >= 11 is 1.68. The summed E-state index contributed by atoms with van der Waals surface area (Å²) in [5, 5.41) is 9.56. The van der Waals surface area contributed by atoms with Gasteiger partial charge in [-0.1, -0.05) is 13.0 Å². The molecule has 0 aliphatic carbocycles. The van der Waals surface area contributed by atoms with Gasteiger partial charge in [0, 0.05) is 30.2 Å². The van der Waals surface area contributed by atoms with Crippen molar-refractivity contribution in [1.29, 1.82) is 0 Å². The number of nitrogens with zero attached hydrogens (tertiary/aromatic N) is 3. The van der Waals surface area contributed by atoms with E-state index in [1.165, 1.54) is 4.88 Å². The van der Waals surface area contributed by atoms with E-state index in [0.717, 1.165) is 17.9 Å². The van der Waals surface area contributed by atoms with Gasteiger partial charge >= 0.3 is 6.03 Å². The first-order valence-electron chi connectivity index (χ1n) is 8.05. The van der Waals surface area contributed by atoms with Crippen molar-refractivity contribution >= 4 is 17.4 Å². The van der Waals surface area contributed by atoms with Crippen LogP contribution in [0.15, 0.2) is 23.6 Å². The van der Waals surface area contributed by atoms with Gasteiger partial charge in [-0.3, -0.25) is 4.68 Å². The van der Waals surface area contributed by atoms with E-state index >= 15 is 0 Å². The monoisotopic (exact) mass is 334 g/mol. The van der Waals surface area contributed by atoms with Crippen LogP contribution in [0, 0.1) is 19.8 Å². The maximum absolute atomic E-state index is 12.3. The molecule has 0 unspecified atom stereocenters. The van der Waals surface area contributed by atoms with Gasteiger partial charge in [0.1, 0.15) is 0 Å². The van der Waals surface area contributed by atoms with Crippen molar-refractivity contribution in [2.24, 2.45) is 5.92 Å². The lowest BCUT2D eigenvalue weighted by atomic mass is 10.2. The van der Waals surface area contributed by atoms with Crippen LogP contribution in [-0.4, -0.2) is 33.8 Å². The van der Waals surface area contributed by atoms with E-state index in [2.05, 4.69) is 36.4 Å². The van der Waals surface area contributed by atoms with Crippen LogP contribution in [0.5, 0.6) is 0 Å². The van der Waals surface area contributed by atoms with Crippen molar-refractivity contribution in [2.45, 2.75) is 40.8 Å². The minimum Gasteiger partial charge on any atom is -0.338 e. The second-order valence-corrected chi connectivity index (χ2v) is 7.03. The third-order valence-electron chi connectivity index (χ3n) is 3.79. The van der Waals surface area contributed by atoms with Gasteiger partial charge in [-0.05, 0) is 44.2 Å². The van der Waals surface area contributed by atoms with Gasteiger partial charge in [0.05, 0.1) is 12.2 Å². The number of rotatable bonds is 7. The van der Waals surface area contributed by atoms with Crippen LogP contribution >= 0.6 is 11.3 Å². The van der Waals surface area contributed by atoms with Gasteiger partial charge < -0.3 is 10.2 Å². The van der Waals surface area contributed by atoms with E-state index < -0.39 is 0 Å². The standard InChI is InChI=1S/C17H26N4OS/c1-5-20(12-16-7-6-8-23-16)17(22)18-10-13(2)11-21-15(4)9-14(3)19-21/h6-9,13H,5,10-12H2,1-4H3,(H,18,22)/t13-/m0/s1. The van der Waals surface area contributed by atoms with Gasteiger partial charge in [0.25, 0.3) is 0 Å². The first kappa shape index (κ1) is 17.5. The molecule has 2 amide bonds. The van der Waals surface area contributed by atoms with Crippen molar-refractivity contribution in [1.82, 2.24) is 20.0 Å². The lowest BCUT2D eigenvalue weighted by molar-refractivity contribution is 0.196. The zero-order chi connectivity index (χ0) is 16.8. The van der Waals surface area contributed by atoms with E-state index in [1.807, 2.05) is 34.9 Å². The summed E-state index contributed by atoms with van der Waals surface area (Å²) in [6.45, 7) is 11.0. The highest BCUT2D eigenvalue weighted by Crippen LogP contribution is 2.12. The number of carbonyl (C=O) groups is 1. The number of carbonyl (C=O) groups excluding carboxylic acids is 1. The highest BCUT2D eigenvalue weighted by Gasteiger charge is 2.14. The van der Waals surface area contributed by atoms with Gasteiger partial charge in [-0.15, -0.1) is 11.3 Å². The van der Waals surface area contributed by atoms with Crippen molar-refractivity contribution in [3.05, 3.63) is 39.8 Å². The van der Waals surface area contributed by atoms with Gasteiger partial charge in [0.2, 0.25) is 0 Å². The lowest BCUT2D eigenvalue weighted by Gasteiger charge is -2.22. The molecule has 0 aliphatic heterocycles. The summed E-state index contributed by atoms with van der Waals surface area (Å²) in [6.07, 6.45) is 0. The van der Waals surface area contributed by atoms with Crippen molar-refractivity contribution in [3.8, 4) is 0 Å². The van der Waals surface area contributed by atoms with Gasteiger partial charge in [0.15, 0.2) is 0 Å². The van der Waals surface area contributed by atoms with Crippen molar-refractivity contribution < 1.29 is 4.79 Å². The Morgan fingerprint density at radius 1 is 1.48 bits per heavy atom. The third-order valence-corrected chi connectivity index (χ3v) is 4.65. The fourth-order valence-corrected chi connectivity index (χ4v) is 3.23. The molecule has 126 valence electrons. The largest absolute Gasteiger partial charge is 0.338 e. The quantitative estimate of drug-likeness (QED) is 0.843. The van der Waals surface area contributed by atoms with E-state index in [4.69, 9.17) is 0 Å². The summed E-state index contributed by atoms with van der Waals surface area (Å²) < 4.78 is 2.01. The minimum absolute atomic E-state index is 0.00104. The fourth-order valence-electron chi connectivity index (χ4n) is 2.51. The average Bonchev–Trinajstić information content (AvgIpc) is 3.12. The molecule has 0 fully saturated rings. The second-order valence-electron chi connectivity index (χ2n) is 5.99. The maximum atomic E-state index is 12.3. The summed E-state index contributed by atoms with van der Waals surface area (Å²) in [4.78, 5) is 15.4. The molecule has 0 aliphatic rings. The number of amides is 2. The molecule has 1 atom stereocenters. The fraction of sp³-hybridized carbons (Fsp3) is 0.529. The van der Waals surface area contributed by atoms with Crippen molar-refractivity contribution in [3.63, 3.8) is 0 Å². The number of nitrogens with one attached hydrogen (secondary N) is 1. The number of thiophene rings is 1. The number of aromatic nitrogens is 2. The van der Waals surface area contributed by atoms with Crippen LogP contribution in [0.4, 0.5) is 4.79 Å². The average molecular weight is 334 g/mol. The molecule has 0 radical (unpaired) electrons. The Bertz CT molecular complexity index is 621. The molecule has 2 aromatic heterocycles. The molecule has 2 rings (SSSR count). The molecule has 0 saturated carbocycles. The normalized spacial score (nSPS) is 12.2. The van der Waals surface area contributed by atoms with Gasteiger partial charge in [-0.25, -0.2) is 4.79 Å². The molecular formula is C17H26N4OS. The third kappa shape index (κ3) is 5.10. The smallest absolute Gasteiger partial charge is 0.317 e. The van der Waals surface area contributed by atoms with Crippen LogP contribution in [-0.2, 0) is 13.1 Å². The molecule has 1 N–H and O–H groups in total. The number of hydrogen-bond acceptors (Lipinski definition) is 3. The summed E-state index contributed by atoms with van der Waals surface area (Å²) in [5.74, 6) is 0.331. The molecule has 5 nitrogen and oxygen atoms in total. The van der Waals surface area contributed by atoms with Crippen molar-refractivity contribution in [2.75, 3.05) is 13.1 Å². The highest BCUT2D eigenvalue weighted by molar-refractivity contribution is 7.09. The molecule has 0 bridgehead atoms. The molecule has 23 heavy (non-hydrogen) atoms. The van der Waals surface area contributed by atoms with E-state index in [0.29, 0.717) is 25.6 Å². The molecule has 0 spiro atoms. The van der Waals surface area contributed by atoms with E-state index in [-0.39, 0.29) is 6.03 Å². The maximum Gasteiger partial charge on any atom is 0.317 e. The highest BCUT2D eigenvalue weighted by atomic mass is 32.1. The summed E-state index contributed by atoms with van der Waals surface area (Å²) in [7, 11) is 0. The Hall–Kier alpha value is -1.82. The first-order chi connectivity index (χ1) is 11.0. The minimum atomic E-state index is 0.00104. The molecule has 6 heteroatoms. The predicted molar refractivity (Wildman–Crippen MR) is 94.7 cm³/mol. The van der Waals surface area contributed by atoms with E-state index in [9.17, 15) is 4.79 Å². The summed E-state index contributed by atoms with van der Waals surface area (Å²) in [6, 6.07) is 6.15. The van der Waals surface area contributed by atoms with Gasteiger partial charge in [-0.2, -0.15) is 5.10 Å².